The summed E-state index contributed by atoms with van der Waals surface area (Å²) < 4.78 is 29.2. The van der Waals surface area contributed by atoms with Crippen molar-refractivity contribution in [1.29, 1.82) is 0 Å². The van der Waals surface area contributed by atoms with Crippen LogP contribution in [0.3, 0.4) is 0 Å². The van der Waals surface area contributed by atoms with E-state index in [1.165, 1.54) is 37.4 Å². The highest BCUT2D eigenvalue weighted by molar-refractivity contribution is 7.92. The van der Waals surface area contributed by atoms with Gasteiger partial charge in [0.15, 0.2) is 0 Å². The molecule has 0 fully saturated rings. The molecule has 0 radical (unpaired) electrons. The highest BCUT2D eigenvalue weighted by Crippen LogP contribution is 2.15. The summed E-state index contributed by atoms with van der Waals surface area (Å²) in [6.07, 6.45) is 1.04. The van der Waals surface area contributed by atoms with Crippen LogP contribution in [0.25, 0.3) is 0 Å². The van der Waals surface area contributed by atoms with Crippen molar-refractivity contribution >= 4 is 33.3 Å². The van der Waals surface area contributed by atoms with E-state index in [4.69, 9.17) is 0 Å². The van der Waals surface area contributed by atoms with Gasteiger partial charge in [-0.1, -0.05) is 6.07 Å². The fourth-order valence-electron chi connectivity index (χ4n) is 1.95. The molecule has 0 atom stereocenters. The molecule has 0 aliphatic rings. The minimum Gasteiger partial charge on any atom is -0.465 e. The van der Waals surface area contributed by atoms with Gasteiger partial charge in [-0.3, -0.25) is 9.52 Å². The number of methoxy groups -OCH3 is 1. The van der Waals surface area contributed by atoms with Crippen molar-refractivity contribution in [2.24, 2.45) is 0 Å². The summed E-state index contributed by atoms with van der Waals surface area (Å²) in [5.74, 6) is -0.884. The lowest BCUT2D eigenvalue weighted by Gasteiger charge is -2.08. The molecule has 0 heterocycles. The lowest BCUT2D eigenvalue weighted by atomic mass is 10.1. The molecule has 0 unspecified atom stereocenters. The third-order valence-corrected chi connectivity index (χ3v) is 3.60. The van der Waals surface area contributed by atoms with Gasteiger partial charge in [-0.05, 0) is 42.5 Å². The molecule has 7 nitrogen and oxygen atoms in total. The number of esters is 1. The molecule has 126 valence electrons. The molecule has 2 N–H and O–H groups in total. The molecule has 0 aliphatic heterocycles. The number of amides is 1. The highest BCUT2D eigenvalue weighted by atomic mass is 32.2. The molecule has 2 rings (SSSR count). The number of carbonyl (C=O) groups is 2. The van der Waals surface area contributed by atoms with Crippen molar-refractivity contribution in [1.82, 2.24) is 0 Å². The van der Waals surface area contributed by atoms with Gasteiger partial charge in [-0.2, -0.15) is 0 Å². The van der Waals surface area contributed by atoms with E-state index in [0.717, 1.165) is 6.26 Å². The molecule has 0 aromatic heterocycles. The monoisotopic (exact) mass is 348 g/mol. The van der Waals surface area contributed by atoms with Crippen molar-refractivity contribution in [3.05, 3.63) is 59.7 Å². The van der Waals surface area contributed by atoms with Gasteiger partial charge in [0.1, 0.15) is 0 Å². The molecular formula is C16H16N2O5S. The van der Waals surface area contributed by atoms with E-state index in [1.54, 1.807) is 18.2 Å². The van der Waals surface area contributed by atoms with Crippen LogP contribution in [0.1, 0.15) is 20.7 Å². The first-order valence-corrected chi connectivity index (χ1v) is 8.75. The fourth-order valence-corrected chi connectivity index (χ4v) is 2.51. The summed E-state index contributed by atoms with van der Waals surface area (Å²) >= 11 is 0. The van der Waals surface area contributed by atoms with E-state index >= 15 is 0 Å². The Balaban J connectivity index is 2.11. The second-order valence-corrected chi connectivity index (χ2v) is 6.73. The molecule has 2 aromatic rings. The van der Waals surface area contributed by atoms with Crippen LogP contribution in [-0.4, -0.2) is 33.7 Å². The Morgan fingerprint density at radius 3 is 2.21 bits per heavy atom. The van der Waals surface area contributed by atoms with E-state index in [9.17, 15) is 18.0 Å². The number of hydrogen-bond acceptors (Lipinski definition) is 5. The van der Waals surface area contributed by atoms with Crippen LogP contribution < -0.4 is 10.0 Å². The molecule has 0 aliphatic carbocycles. The van der Waals surface area contributed by atoms with Gasteiger partial charge in [0, 0.05) is 16.9 Å². The SMILES string of the molecule is COC(=O)c1cccc(NC(=O)c2ccc(NS(C)(=O)=O)cc2)c1. The lowest BCUT2D eigenvalue weighted by molar-refractivity contribution is 0.0600. The lowest BCUT2D eigenvalue weighted by Crippen LogP contribution is -2.13. The second-order valence-electron chi connectivity index (χ2n) is 4.98. The maximum atomic E-state index is 12.2. The molecule has 8 heteroatoms. The van der Waals surface area contributed by atoms with Crippen LogP contribution in [0.4, 0.5) is 11.4 Å². The van der Waals surface area contributed by atoms with Gasteiger partial charge < -0.3 is 10.1 Å². The van der Waals surface area contributed by atoms with Crippen LogP contribution in [-0.2, 0) is 14.8 Å². The molecule has 0 bridgehead atoms. The van der Waals surface area contributed by atoms with Gasteiger partial charge in [0.05, 0.1) is 18.9 Å². The third-order valence-electron chi connectivity index (χ3n) is 2.99. The number of hydrogen-bond donors (Lipinski definition) is 2. The molecule has 0 spiro atoms. The smallest absolute Gasteiger partial charge is 0.337 e. The predicted octanol–water partition coefficient (Wildman–Crippen LogP) is 2.10. The quantitative estimate of drug-likeness (QED) is 0.806. The summed E-state index contributed by atoms with van der Waals surface area (Å²) in [5.41, 5.74) is 1.48. The van der Waals surface area contributed by atoms with Crippen LogP contribution >= 0.6 is 0 Å². The normalized spacial score (nSPS) is 10.8. The number of ether oxygens (including phenoxy) is 1. The number of carbonyl (C=O) groups excluding carboxylic acids is 2. The molecule has 1 amide bonds. The summed E-state index contributed by atoms with van der Waals surface area (Å²) in [4.78, 5) is 23.7. The average Bonchev–Trinajstić information content (AvgIpc) is 2.53. The first-order valence-electron chi connectivity index (χ1n) is 6.86. The Labute approximate surface area is 139 Å². The number of rotatable bonds is 5. The van der Waals surface area contributed by atoms with Crippen LogP contribution in [0, 0.1) is 0 Å². The Bertz CT molecular complexity index is 860. The molecule has 0 saturated carbocycles. The second kappa shape index (κ2) is 7.14. The standard InChI is InChI=1S/C16H16N2O5S/c1-23-16(20)12-4-3-5-14(10-12)17-15(19)11-6-8-13(9-7-11)18-24(2,21)22/h3-10,18H,1-2H3,(H,17,19). The summed E-state index contributed by atoms with van der Waals surface area (Å²) in [7, 11) is -2.09. The number of sulfonamides is 1. The van der Waals surface area contributed by atoms with Crippen molar-refractivity contribution in [3.8, 4) is 0 Å². The maximum Gasteiger partial charge on any atom is 0.337 e. The van der Waals surface area contributed by atoms with E-state index in [2.05, 4.69) is 14.8 Å². The van der Waals surface area contributed by atoms with Crippen molar-refractivity contribution in [3.63, 3.8) is 0 Å². The van der Waals surface area contributed by atoms with Crippen molar-refractivity contribution in [2.75, 3.05) is 23.4 Å². The van der Waals surface area contributed by atoms with Gasteiger partial charge in [-0.15, -0.1) is 0 Å². The zero-order valence-corrected chi connectivity index (χ0v) is 13.9. The Morgan fingerprint density at radius 2 is 1.62 bits per heavy atom. The Morgan fingerprint density at radius 1 is 0.958 bits per heavy atom. The summed E-state index contributed by atoms with van der Waals surface area (Å²) in [6.45, 7) is 0. The maximum absolute atomic E-state index is 12.2. The van der Waals surface area contributed by atoms with Gasteiger partial charge in [0.25, 0.3) is 5.91 Å². The van der Waals surface area contributed by atoms with E-state index < -0.39 is 16.0 Å². The van der Waals surface area contributed by atoms with E-state index in [1.807, 2.05) is 0 Å². The molecule has 0 saturated heterocycles. The summed E-state index contributed by atoms with van der Waals surface area (Å²) in [6, 6.07) is 12.3. The van der Waals surface area contributed by atoms with Gasteiger partial charge in [-0.25, -0.2) is 13.2 Å². The van der Waals surface area contributed by atoms with Crippen LogP contribution in [0.15, 0.2) is 48.5 Å². The molecule has 2 aromatic carbocycles. The van der Waals surface area contributed by atoms with Crippen LogP contribution in [0.2, 0.25) is 0 Å². The fraction of sp³-hybridized carbons (Fsp3) is 0.125. The Hall–Kier alpha value is -2.87. The highest BCUT2D eigenvalue weighted by Gasteiger charge is 2.10. The molecule has 24 heavy (non-hydrogen) atoms. The van der Waals surface area contributed by atoms with E-state index in [0.29, 0.717) is 22.5 Å². The number of anilines is 2. The first-order chi connectivity index (χ1) is 11.3. The topological polar surface area (TPSA) is 102 Å². The molecular weight excluding hydrogens is 332 g/mol. The predicted molar refractivity (Wildman–Crippen MR) is 90.6 cm³/mol. The zero-order valence-electron chi connectivity index (χ0n) is 13.1. The minimum atomic E-state index is -3.37. The number of benzene rings is 2. The van der Waals surface area contributed by atoms with Crippen molar-refractivity contribution in [2.45, 2.75) is 0 Å². The van der Waals surface area contributed by atoms with Gasteiger partial charge in [0.2, 0.25) is 10.0 Å². The summed E-state index contributed by atoms with van der Waals surface area (Å²) in [5, 5.41) is 2.66. The van der Waals surface area contributed by atoms with E-state index in [-0.39, 0.29) is 5.91 Å². The van der Waals surface area contributed by atoms with Gasteiger partial charge >= 0.3 is 5.97 Å². The zero-order chi connectivity index (χ0) is 17.7. The van der Waals surface area contributed by atoms with Crippen molar-refractivity contribution < 1.29 is 22.7 Å². The largest absolute Gasteiger partial charge is 0.465 e. The first kappa shape index (κ1) is 17.5. The minimum absolute atomic E-state index is 0.322. The number of nitrogens with one attached hydrogen (secondary N) is 2. The van der Waals surface area contributed by atoms with Crippen LogP contribution in [0.5, 0.6) is 0 Å². The Kier molecular flexibility index (Phi) is 5.20. The average molecular weight is 348 g/mol. The third kappa shape index (κ3) is 4.82.